The van der Waals surface area contributed by atoms with Crippen LogP contribution in [0.15, 0.2) is 23.8 Å². The highest BCUT2D eigenvalue weighted by Crippen LogP contribution is 2.44. The summed E-state index contributed by atoms with van der Waals surface area (Å²) in [7, 11) is 3.24. The molecule has 1 aromatic carbocycles. The molecule has 0 spiro atoms. The maximum absolute atomic E-state index is 11.9. The van der Waals surface area contributed by atoms with Gasteiger partial charge in [0.2, 0.25) is 5.91 Å². The van der Waals surface area contributed by atoms with Crippen LogP contribution < -0.4 is 14.8 Å². The number of hydrogen-bond acceptors (Lipinski definition) is 3. The van der Waals surface area contributed by atoms with E-state index >= 15 is 0 Å². The molecule has 1 heterocycles. The van der Waals surface area contributed by atoms with Gasteiger partial charge in [0.1, 0.15) is 11.5 Å². The van der Waals surface area contributed by atoms with Crippen molar-refractivity contribution in [3.8, 4) is 11.5 Å². The topological polar surface area (TPSA) is 47.6 Å². The normalized spacial score (nSPS) is 18.3. The quantitative estimate of drug-likeness (QED) is 0.856. The lowest BCUT2D eigenvalue weighted by atomic mass is 9.84. The van der Waals surface area contributed by atoms with Gasteiger partial charge in [-0.1, -0.05) is 18.6 Å². The van der Waals surface area contributed by atoms with Crippen molar-refractivity contribution in [1.82, 2.24) is 0 Å². The number of carbonyl (C=O) groups excluding carboxylic acids is 1. The lowest BCUT2D eigenvalue weighted by Crippen LogP contribution is -2.24. The van der Waals surface area contributed by atoms with Gasteiger partial charge in [0.05, 0.1) is 19.9 Å². The van der Waals surface area contributed by atoms with Crippen LogP contribution in [0, 0.1) is 0 Å². The second-order valence-electron chi connectivity index (χ2n) is 4.95. The number of rotatable bonds is 4. The molecular formula is C16H21NO3. The first-order chi connectivity index (χ1) is 9.60. The fraction of sp³-hybridized carbons (Fsp3) is 0.438. The Morgan fingerprint density at radius 1 is 1.40 bits per heavy atom. The van der Waals surface area contributed by atoms with E-state index in [0.29, 0.717) is 12.2 Å². The van der Waals surface area contributed by atoms with Crippen molar-refractivity contribution in [3.05, 3.63) is 29.3 Å². The molecule has 0 aromatic heterocycles. The first-order valence-electron chi connectivity index (χ1n) is 6.83. The molecule has 1 atom stereocenters. The summed E-state index contributed by atoms with van der Waals surface area (Å²) in [4.78, 5) is 11.9. The first kappa shape index (κ1) is 14.4. The number of hydrogen-bond donors (Lipinski definition) is 1. The van der Waals surface area contributed by atoms with Crippen LogP contribution in [0.4, 0.5) is 5.69 Å². The summed E-state index contributed by atoms with van der Waals surface area (Å²) >= 11 is 0. The van der Waals surface area contributed by atoms with Gasteiger partial charge in [-0.15, -0.1) is 0 Å². The second kappa shape index (κ2) is 5.99. The van der Waals surface area contributed by atoms with Gasteiger partial charge < -0.3 is 14.8 Å². The predicted molar refractivity (Wildman–Crippen MR) is 79.6 cm³/mol. The molecule has 0 unspecified atom stereocenters. The molecule has 20 heavy (non-hydrogen) atoms. The summed E-state index contributed by atoms with van der Waals surface area (Å²) in [6.07, 6.45) is 3.58. The zero-order valence-corrected chi connectivity index (χ0v) is 12.4. The summed E-state index contributed by atoms with van der Waals surface area (Å²) < 4.78 is 10.7. The van der Waals surface area contributed by atoms with E-state index in [1.807, 2.05) is 12.1 Å². The van der Waals surface area contributed by atoms with Gasteiger partial charge in [-0.05, 0) is 13.3 Å². The van der Waals surface area contributed by atoms with Crippen LogP contribution in [0.5, 0.6) is 11.5 Å². The minimum absolute atomic E-state index is 0.0293. The Morgan fingerprint density at radius 2 is 2.15 bits per heavy atom. The van der Waals surface area contributed by atoms with Crippen molar-refractivity contribution >= 4 is 11.6 Å². The molecule has 4 heteroatoms. The van der Waals surface area contributed by atoms with Gasteiger partial charge in [0.15, 0.2) is 0 Å². The van der Waals surface area contributed by atoms with E-state index in [-0.39, 0.29) is 11.8 Å². The van der Waals surface area contributed by atoms with Gasteiger partial charge >= 0.3 is 0 Å². The Labute approximate surface area is 119 Å². The first-order valence-corrected chi connectivity index (χ1v) is 6.83. The van der Waals surface area contributed by atoms with Crippen molar-refractivity contribution in [2.24, 2.45) is 0 Å². The number of carbonyl (C=O) groups is 1. The number of amides is 1. The maximum Gasteiger partial charge on any atom is 0.225 e. The molecule has 1 aromatic rings. The van der Waals surface area contributed by atoms with Crippen LogP contribution in [0.2, 0.25) is 0 Å². The second-order valence-corrected chi connectivity index (χ2v) is 4.95. The Kier molecular flexibility index (Phi) is 4.32. The molecule has 0 fully saturated rings. The van der Waals surface area contributed by atoms with E-state index in [4.69, 9.17) is 9.47 Å². The molecule has 4 nitrogen and oxygen atoms in total. The highest BCUT2D eigenvalue weighted by molar-refractivity contribution is 5.96. The van der Waals surface area contributed by atoms with Gasteiger partial charge in [0.25, 0.3) is 0 Å². The number of fused-ring (bicyclic) bond motifs is 1. The van der Waals surface area contributed by atoms with Crippen molar-refractivity contribution in [2.45, 2.75) is 32.6 Å². The van der Waals surface area contributed by atoms with Crippen LogP contribution in [0.25, 0.3) is 0 Å². The molecule has 1 N–H and O–H groups in total. The van der Waals surface area contributed by atoms with E-state index in [1.54, 1.807) is 14.2 Å². The molecule has 108 valence electrons. The Bertz CT molecular complexity index is 549. The summed E-state index contributed by atoms with van der Waals surface area (Å²) in [5, 5.41) is 2.91. The third-order valence-electron chi connectivity index (χ3n) is 3.66. The smallest absolute Gasteiger partial charge is 0.225 e. The average molecular weight is 275 g/mol. The fourth-order valence-corrected chi connectivity index (χ4v) is 2.69. The van der Waals surface area contributed by atoms with Crippen LogP contribution >= 0.6 is 0 Å². The van der Waals surface area contributed by atoms with Crippen molar-refractivity contribution in [2.75, 3.05) is 19.5 Å². The van der Waals surface area contributed by atoms with E-state index in [0.717, 1.165) is 23.4 Å². The number of ether oxygens (including phenoxy) is 2. The lowest BCUT2D eigenvalue weighted by Gasteiger charge is -2.28. The monoisotopic (exact) mass is 275 g/mol. The Morgan fingerprint density at radius 3 is 2.75 bits per heavy atom. The van der Waals surface area contributed by atoms with Crippen molar-refractivity contribution in [3.63, 3.8) is 0 Å². The van der Waals surface area contributed by atoms with Gasteiger partial charge in [0, 0.05) is 30.0 Å². The molecule has 2 rings (SSSR count). The van der Waals surface area contributed by atoms with Crippen LogP contribution in [-0.4, -0.2) is 20.1 Å². The van der Waals surface area contributed by atoms with Crippen molar-refractivity contribution < 1.29 is 14.3 Å². The van der Waals surface area contributed by atoms with E-state index in [9.17, 15) is 4.79 Å². The molecule has 0 aliphatic carbocycles. The van der Waals surface area contributed by atoms with Crippen LogP contribution in [-0.2, 0) is 4.79 Å². The summed E-state index contributed by atoms with van der Waals surface area (Å²) in [5.74, 6) is 1.54. The highest BCUT2D eigenvalue weighted by atomic mass is 16.5. The minimum Gasteiger partial charge on any atom is -0.497 e. The predicted octanol–water partition coefficient (Wildman–Crippen LogP) is 3.49. The maximum atomic E-state index is 11.9. The van der Waals surface area contributed by atoms with Crippen LogP contribution in [0.3, 0.4) is 0 Å². The molecule has 1 aliphatic heterocycles. The number of methoxy groups -OCH3 is 2. The van der Waals surface area contributed by atoms with Gasteiger partial charge in [-0.3, -0.25) is 4.79 Å². The number of anilines is 1. The SMILES string of the molecule is CC/C=C(\C)[C@H]1CC(=O)Nc2cc(OC)cc(OC)c21. The summed E-state index contributed by atoms with van der Waals surface area (Å²) in [6.45, 7) is 4.17. The zero-order valence-electron chi connectivity index (χ0n) is 12.4. The molecule has 1 aliphatic rings. The minimum atomic E-state index is 0.0293. The van der Waals surface area contributed by atoms with E-state index in [1.165, 1.54) is 5.57 Å². The fourth-order valence-electron chi connectivity index (χ4n) is 2.69. The summed E-state index contributed by atoms with van der Waals surface area (Å²) in [5.41, 5.74) is 3.02. The molecular weight excluding hydrogens is 254 g/mol. The zero-order chi connectivity index (χ0) is 14.7. The Hall–Kier alpha value is -1.97. The molecule has 0 saturated heterocycles. The highest BCUT2D eigenvalue weighted by Gasteiger charge is 2.30. The third kappa shape index (κ3) is 2.64. The molecule has 1 amide bonds. The molecule has 0 saturated carbocycles. The lowest BCUT2D eigenvalue weighted by molar-refractivity contribution is -0.116. The van der Waals surface area contributed by atoms with E-state index in [2.05, 4.69) is 25.2 Å². The van der Waals surface area contributed by atoms with Gasteiger partial charge in [-0.25, -0.2) is 0 Å². The van der Waals surface area contributed by atoms with Gasteiger partial charge in [-0.2, -0.15) is 0 Å². The van der Waals surface area contributed by atoms with Crippen LogP contribution in [0.1, 0.15) is 38.2 Å². The number of nitrogens with one attached hydrogen (secondary N) is 1. The standard InChI is InChI=1S/C16H21NO3/c1-5-6-10(2)12-9-15(18)17-13-7-11(19-3)8-14(20-4)16(12)13/h6-8,12H,5,9H2,1-4H3,(H,17,18)/b10-6+/t12-/m1/s1. The number of allylic oxidation sites excluding steroid dienone is 2. The summed E-state index contributed by atoms with van der Waals surface area (Å²) in [6, 6.07) is 3.71. The average Bonchev–Trinajstić information content (AvgIpc) is 2.44. The third-order valence-corrected chi connectivity index (χ3v) is 3.66. The largest absolute Gasteiger partial charge is 0.497 e. The Balaban J connectivity index is 2.58. The number of benzene rings is 1. The van der Waals surface area contributed by atoms with E-state index < -0.39 is 0 Å². The van der Waals surface area contributed by atoms with Crippen molar-refractivity contribution in [1.29, 1.82) is 0 Å². The molecule has 0 radical (unpaired) electrons. The molecule has 0 bridgehead atoms.